The van der Waals surface area contributed by atoms with Crippen molar-refractivity contribution in [1.29, 1.82) is 0 Å². The molecule has 0 saturated carbocycles. The van der Waals surface area contributed by atoms with Gasteiger partial charge >= 0.3 is 5.97 Å². The number of unbranched alkanes of at least 4 members (excludes halogenated alkanes) is 2. The highest BCUT2D eigenvalue weighted by atomic mass is 32.2. The van der Waals surface area contributed by atoms with E-state index in [0.717, 1.165) is 0 Å². The summed E-state index contributed by atoms with van der Waals surface area (Å²) < 4.78 is 252. The number of carboxylic acid groups (broad SMARTS) is 1. The second kappa shape index (κ2) is 35.0. The second-order valence-corrected chi connectivity index (χ2v) is 37.1. The van der Waals surface area contributed by atoms with Gasteiger partial charge in [-0.05, 0) is 140 Å². The van der Waals surface area contributed by atoms with E-state index < -0.39 is 158 Å². The summed E-state index contributed by atoms with van der Waals surface area (Å²) in [5.41, 5.74) is 2.65. The van der Waals surface area contributed by atoms with Crippen LogP contribution >= 0.6 is 0 Å². The first-order valence-corrected chi connectivity index (χ1v) is 44.0. The van der Waals surface area contributed by atoms with E-state index in [1.807, 2.05) is 61.5 Å². The van der Waals surface area contributed by atoms with Crippen LogP contribution in [0.1, 0.15) is 119 Å². The summed E-state index contributed by atoms with van der Waals surface area (Å²) in [5, 5.41) is 22.7. The molecule has 0 unspecified atom stereocenters. The van der Waals surface area contributed by atoms with Crippen LogP contribution in [0.5, 0.6) is 5.75 Å². The normalized spacial score (nSPS) is 16.4. The first-order chi connectivity index (χ1) is 51.9. The number of nitrogens with zero attached hydrogens (tertiary/aromatic N) is 2. The maximum Gasteiger partial charge on any atom is 0.326 e. The van der Waals surface area contributed by atoms with Gasteiger partial charge in [0.05, 0.1) is 61.8 Å². The molecule has 0 spiro atoms. The van der Waals surface area contributed by atoms with Crippen molar-refractivity contribution >= 4 is 101 Å². The van der Waals surface area contributed by atoms with Crippen molar-refractivity contribution in [3.05, 3.63) is 214 Å². The van der Waals surface area contributed by atoms with Gasteiger partial charge in [0.1, 0.15) is 29.0 Å². The molecule has 0 fully saturated rings. The maximum absolute atomic E-state index is 16.3. The quantitative estimate of drug-likeness (QED) is 0.00786. The number of benzene rings is 6. The summed E-state index contributed by atoms with van der Waals surface area (Å²) in [5.74, 6) is -11.6. The number of halogens is 3. The number of carbonyl (C=O) groups excluding carboxylic acids is 2. The molecule has 6 aromatic carbocycles. The highest BCUT2D eigenvalue weighted by Gasteiger charge is 2.46. The minimum atomic E-state index is -5.35. The Labute approximate surface area is 642 Å². The lowest BCUT2D eigenvalue weighted by Crippen LogP contribution is -2.42. The van der Waals surface area contributed by atoms with Gasteiger partial charge in [-0.3, -0.25) is 23.2 Å². The molecule has 0 bridgehead atoms. The van der Waals surface area contributed by atoms with Crippen LogP contribution in [0.4, 0.5) is 30.2 Å². The van der Waals surface area contributed by atoms with Crippen LogP contribution in [-0.4, -0.2) is 158 Å². The number of nitrogens with two attached hydrogens (primary N) is 1. The average molecular weight is 1660 g/mol. The zero-order valence-electron chi connectivity index (χ0n) is 60.4. The van der Waals surface area contributed by atoms with E-state index in [2.05, 4.69) is 16.0 Å². The first-order valence-electron chi connectivity index (χ1n) is 34.7. The van der Waals surface area contributed by atoms with E-state index in [1.54, 1.807) is 84.9 Å². The van der Waals surface area contributed by atoms with E-state index >= 15 is 13.2 Å². The van der Waals surface area contributed by atoms with Crippen LogP contribution in [0.3, 0.4) is 0 Å². The number of hydrogen-bond acceptors (Lipinski definition) is 20. The summed E-state index contributed by atoms with van der Waals surface area (Å²) in [4.78, 5) is 36.4. The topological polar surface area (TPSA) is 447 Å². The number of sulfonamides is 1. The van der Waals surface area contributed by atoms with Gasteiger partial charge in [0, 0.05) is 79.0 Å². The largest absolute Gasteiger partial charge is 0.748 e. The number of nitrogens with one attached hydrogen (secondary N) is 3. The predicted molar refractivity (Wildman–Crippen MR) is 403 cm³/mol. The van der Waals surface area contributed by atoms with E-state index in [4.69, 9.17) is 14.6 Å². The molecule has 28 nitrogen and oxygen atoms in total. The van der Waals surface area contributed by atoms with Crippen LogP contribution in [0.2, 0.25) is 0 Å². The van der Waals surface area contributed by atoms with Crippen LogP contribution < -0.4 is 30.7 Å². The van der Waals surface area contributed by atoms with Gasteiger partial charge in [-0.2, -0.15) is 29.8 Å². The Morgan fingerprint density at radius 2 is 1.27 bits per heavy atom. The molecule has 3 aliphatic rings. The van der Waals surface area contributed by atoms with Crippen molar-refractivity contribution in [1.82, 2.24) is 10.6 Å². The Balaban J connectivity index is 0.901. The summed E-state index contributed by atoms with van der Waals surface area (Å²) in [6.07, 6.45) is 7.69. The molecular formula is C74H83F3N6O22S6. The number of carboxylic acids is 1. The number of primary sulfonamides is 1. The Morgan fingerprint density at radius 1 is 0.667 bits per heavy atom. The monoisotopic (exact) mass is 1660 g/mol. The smallest absolute Gasteiger partial charge is 0.326 e. The minimum Gasteiger partial charge on any atom is -0.748 e. The van der Waals surface area contributed by atoms with Gasteiger partial charge in [-0.25, -0.2) is 48.4 Å². The molecule has 9 rings (SSSR count). The minimum absolute atomic E-state index is 0.00640. The number of fused-ring (bicyclic) bond motifs is 2. The number of ether oxygens (including phenoxy) is 2. The van der Waals surface area contributed by atoms with Crippen molar-refractivity contribution in [3.8, 4) is 5.75 Å². The molecule has 598 valence electrons. The highest BCUT2D eigenvalue weighted by Crippen LogP contribution is 2.50. The third-order valence-electron chi connectivity index (χ3n) is 19.0. The van der Waals surface area contributed by atoms with E-state index in [9.17, 15) is 88.2 Å². The molecule has 6 aromatic rings. The summed E-state index contributed by atoms with van der Waals surface area (Å²) in [6, 6.07) is 27.7. The highest BCUT2D eigenvalue weighted by molar-refractivity contribution is 7.91. The standard InChI is InChI=1S/C74H83F3N6O22S6/c1-73(2)55-45-53(110(98,99)100)28-30-58(55)82(37-11-13-41-107(90,91)92)60(73)32-24-50-20-15-21-51(25-33-61-74(3,4)56-46-54(111(101,102)103)29-31-59(56)83(61)38-12-14-42-108(93,94)95)69(50)105-52-26-22-47(23-27-52)44-57(72(86)87)80-63(85)34-39-104-40-36-79-62(84)35-43-106(88,89)71-65(76)64(75)70(109(78,96)97)66(77)68(71)81-67(48-16-7-5-8-17-48)49-18-9-6-10-19-49/h5-10,16-19,22-33,45-46,57,67,81H,11-15,20-21,34-44H2,1-4H3,(H8-,78,79,80,84,85,86,87,90,91,92,93,94,95,96,97,98,99,100,101,102,103)/t57-/m0/s1. The molecule has 2 amide bonds. The molecule has 2 aliphatic heterocycles. The lowest BCUT2D eigenvalue weighted by Gasteiger charge is -2.28. The lowest BCUT2D eigenvalue weighted by atomic mass is 9.81. The van der Waals surface area contributed by atoms with Crippen LogP contribution in [0.15, 0.2) is 188 Å². The Kier molecular flexibility index (Phi) is 27.1. The van der Waals surface area contributed by atoms with E-state index in [-0.39, 0.29) is 86.9 Å². The van der Waals surface area contributed by atoms with Crippen molar-refractivity contribution < 1.29 is 115 Å². The molecule has 9 N–H and O–H groups in total. The van der Waals surface area contributed by atoms with Gasteiger partial charge in [-0.1, -0.05) is 92.7 Å². The number of rotatable bonds is 36. The molecule has 0 saturated heterocycles. The fourth-order valence-corrected chi connectivity index (χ4v) is 17.8. The number of anilines is 2. The average Bonchev–Trinajstić information content (AvgIpc) is 1.67. The molecule has 2 heterocycles. The van der Waals surface area contributed by atoms with E-state index in [0.29, 0.717) is 86.8 Å². The number of carbonyl (C=O) groups is 3. The predicted octanol–water partition coefficient (Wildman–Crippen LogP) is 9.00. The third kappa shape index (κ3) is 21.6. The van der Waals surface area contributed by atoms with Gasteiger partial charge in [0.2, 0.25) is 27.5 Å². The van der Waals surface area contributed by atoms with Crippen LogP contribution in [0.25, 0.3) is 0 Å². The van der Waals surface area contributed by atoms with Gasteiger partial charge < -0.3 is 40.0 Å². The Bertz CT molecular complexity index is 5430. The Hall–Kier alpha value is -8.99. The van der Waals surface area contributed by atoms with Crippen molar-refractivity contribution in [2.75, 3.05) is 60.3 Å². The van der Waals surface area contributed by atoms with Gasteiger partial charge in [0.15, 0.2) is 37.9 Å². The second-order valence-electron chi connectivity index (χ2n) is 27.6. The number of aliphatic carboxylic acids is 1. The molecule has 37 heteroatoms. The SMILES string of the molecule is CC1(C)C(/C=C/C2=C(Oc3ccc(C[C@H](NC(=O)CCOCCNC(=O)CCS(=O)(=O)c4c(F)c(F)c(S(N)(=O)=O)c(F)c4NC(c4ccccc4)c4ccccc4)C(=O)O)cc3)C(=C/C=C3/N(CCCCS(=O)(=O)[O-])c4ccc(S(=O)(=O)O)cc4C3(C)C)/CCC2)=[N+](CCCCS(=O)(=O)O)c2ccc(S(=O)(=O)O)cc21. The zero-order valence-corrected chi connectivity index (χ0v) is 65.3. The van der Waals surface area contributed by atoms with Gasteiger partial charge in [-0.15, -0.1) is 0 Å². The fraction of sp³-hybridized carbons (Fsp3) is 0.351. The number of allylic oxidation sites excluding steroid dienone is 7. The fourth-order valence-electron chi connectivity index (χ4n) is 13.5. The van der Waals surface area contributed by atoms with E-state index in [1.165, 1.54) is 36.4 Å². The van der Waals surface area contributed by atoms with Crippen molar-refractivity contribution in [2.24, 2.45) is 5.14 Å². The molecule has 111 heavy (non-hydrogen) atoms. The first kappa shape index (κ1) is 86.0. The van der Waals surface area contributed by atoms with Crippen LogP contribution in [-0.2, 0) is 96.7 Å². The summed E-state index contributed by atoms with van der Waals surface area (Å²) in [6.45, 7) is 6.88. The van der Waals surface area contributed by atoms with Crippen LogP contribution in [0, 0.1) is 17.5 Å². The molecule has 1 atom stereocenters. The van der Waals surface area contributed by atoms with Gasteiger partial charge in [0.25, 0.3) is 30.4 Å². The lowest BCUT2D eigenvalue weighted by molar-refractivity contribution is -0.438. The Morgan fingerprint density at radius 3 is 1.86 bits per heavy atom. The molecular weight excluding hydrogens is 1570 g/mol. The maximum atomic E-state index is 16.3. The third-order valence-corrected chi connectivity index (χ3v) is 25.0. The van der Waals surface area contributed by atoms with Crippen molar-refractivity contribution in [3.63, 3.8) is 0 Å². The number of sulfone groups is 1. The molecule has 1 aliphatic carbocycles. The summed E-state index contributed by atoms with van der Waals surface area (Å²) in [7, 11) is -28.7. The molecule has 0 aromatic heterocycles. The number of amides is 2. The summed E-state index contributed by atoms with van der Waals surface area (Å²) >= 11 is 0. The molecule has 0 radical (unpaired) electrons. The van der Waals surface area contributed by atoms with Crippen molar-refractivity contribution in [2.45, 2.75) is 134 Å². The number of hydrogen-bond donors (Lipinski definition) is 8. The zero-order chi connectivity index (χ0) is 81.4.